The van der Waals surface area contributed by atoms with E-state index in [4.69, 9.17) is 4.74 Å². The number of carbonyl (C=O) groups excluding carboxylic acids is 1. The van der Waals surface area contributed by atoms with Crippen LogP contribution in [0.1, 0.15) is 18.5 Å². The topological polar surface area (TPSA) is 39.2 Å². The van der Waals surface area contributed by atoms with Gasteiger partial charge in [-0.25, -0.2) is 4.98 Å². The van der Waals surface area contributed by atoms with E-state index in [0.717, 1.165) is 22.5 Å². The molecule has 1 aromatic heterocycles. The number of rotatable bonds is 2. The van der Waals surface area contributed by atoms with E-state index >= 15 is 0 Å². The molecule has 0 amide bonds. The molecule has 3 nitrogen and oxygen atoms in total. The van der Waals surface area contributed by atoms with Gasteiger partial charge in [-0.05, 0) is 28.8 Å². The number of thiazole rings is 1. The Labute approximate surface area is 88.3 Å². The molecule has 1 fully saturated rings. The summed E-state index contributed by atoms with van der Waals surface area (Å²) in [6.07, 6.45) is 1.71. The lowest BCUT2D eigenvalue weighted by Gasteiger charge is -2.08. The van der Waals surface area contributed by atoms with Crippen molar-refractivity contribution in [1.82, 2.24) is 4.98 Å². The average Bonchev–Trinajstić information content (AvgIpc) is 2.83. The highest BCUT2D eigenvalue weighted by Crippen LogP contribution is 2.49. The SMILES string of the molecule is COC(=O)C1(c2csc(Br)n2)CC1. The van der Waals surface area contributed by atoms with Gasteiger partial charge in [-0.15, -0.1) is 11.3 Å². The first-order valence-corrected chi connectivity index (χ1v) is 5.56. The Morgan fingerprint density at radius 3 is 2.85 bits per heavy atom. The minimum absolute atomic E-state index is 0.162. The summed E-state index contributed by atoms with van der Waals surface area (Å²) in [6.45, 7) is 0. The predicted molar refractivity (Wildman–Crippen MR) is 52.7 cm³/mol. The molecule has 0 aromatic carbocycles. The molecule has 0 N–H and O–H groups in total. The molecule has 1 heterocycles. The van der Waals surface area contributed by atoms with Crippen LogP contribution in [0.25, 0.3) is 0 Å². The van der Waals surface area contributed by atoms with Crippen LogP contribution < -0.4 is 0 Å². The summed E-state index contributed by atoms with van der Waals surface area (Å²) < 4.78 is 5.57. The van der Waals surface area contributed by atoms with Gasteiger partial charge in [-0.3, -0.25) is 4.79 Å². The van der Waals surface area contributed by atoms with E-state index in [1.807, 2.05) is 5.38 Å². The van der Waals surface area contributed by atoms with Crippen molar-refractivity contribution < 1.29 is 9.53 Å². The third-order valence-electron chi connectivity index (χ3n) is 2.29. The number of aromatic nitrogens is 1. The number of methoxy groups -OCH3 is 1. The Bertz CT molecular complexity index is 346. The third-order valence-corrected chi connectivity index (χ3v) is 3.66. The monoisotopic (exact) mass is 261 g/mol. The molecule has 0 spiro atoms. The number of halogens is 1. The summed E-state index contributed by atoms with van der Waals surface area (Å²) in [6, 6.07) is 0. The van der Waals surface area contributed by atoms with E-state index in [1.165, 1.54) is 18.4 Å². The fourth-order valence-corrected chi connectivity index (χ4v) is 2.47. The predicted octanol–water partition coefficient (Wildman–Crippen LogP) is 2.11. The van der Waals surface area contributed by atoms with Crippen molar-refractivity contribution in [3.63, 3.8) is 0 Å². The zero-order valence-electron chi connectivity index (χ0n) is 7.04. The molecule has 0 bridgehead atoms. The quantitative estimate of drug-likeness (QED) is 0.766. The lowest BCUT2D eigenvalue weighted by atomic mass is 10.0. The fourth-order valence-electron chi connectivity index (χ4n) is 1.36. The number of hydrogen-bond donors (Lipinski definition) is 0. The van der Waals surface area contributed by atoms with Gasteiger partial charge in [-0.1, -0.05) is 0 Å². The molecular formula is C8H8BrNO2S. The Hall–Kier alpha value is -0.420. The number of hydrogen-bond acceptors (Lipinski definition) is 4. The molecule has 2 rings (SSSR count). The maximum atomic E-state index is 11.4. The standard InChI is InChI=1S/C8H8BrNO2S/c1-12-6(11)8(2-3-8)5-4-13-7(9)10-5/h4H,2-3H2,1H3. The Morgan fingerprint density at radius 1 is 1.77 bits per heavy atom. The highest BCUT2D eigenvalue weighted by atomic mass is 79.9. The van der Waals surface area contributed by atoms with Gasteiger partial charge in [0.25, 0.3) is 0 Å². The van der Waals surface area contributed by atoms with Crippen molar-refractivity contribution in [1.29, 1.82) is 0 Å². The summed E-state index contributed by atoms with van der Waals surface area (Å²) in [4.78, 5) is 15.7. The van der Waals surface area contributed by atoms with Gasteiger partial charge in [0.15, 0.2) is 3.92 Å². The van der Waals surface area contributed by atoms with E-state index in [0.29, 0.717) is 0 Å². The van der Waals surface area contributed by atoms with Crippen molar-refractivity contribution >= 4 is 33.2 Å². The lowest BCUT2D eigenvalue weighted by Crippen LogP contribution is -2.22. The van der Waals surface area contributed by atoms with Crippen molar-refractivity contribution in [2.45, 2.75) is 18.3 Å². The first-order chi connectivity index (χ1) is 6.19. The first-order valence-electron chi connectivity index (χ1n) is 3.89. The zero-order chi connectivity index (χ0) is 9.47. The highest BCUT2D eigenvalue weighted by Gasteiger charge is 2.54. The minimum Gasteiger partial charge on any atom is -0.468 e. The summed E-state index contributed by atoms with van der Waals surface area (Å²) in [5.74, 6) is -0.162. The van der Waals surface area contributed by atoms with Gasteiger partial charge in [-0.2, -0.15) is 0 Å². The fraction of sp³-hybridized carbons (Fsp3) is 0.500. The maximum absolute atomic E-state index is 11.4. The van der Waals surface area contributed by atoms with Gasteiger partial charge in [0, 0.05) is 5.38 Å². The Balaban J connectivity index is 2.30. The number of nitrogens with zero attached hydrogens (tertiary/aromatic N) is 1. The molecule has 70 valence electrons. The largest absolute Gasteiger partial charge is 0.468 e. The second-order valence-electron chi connectivity index (χ2n) is 3.06. The Kier molecular flexibility index (Phi) is 2.15. The molecule has 0 unspecified atom stereocenters. The zero-order valence-corrected chi connectivity index (χ0v) is 9.44. The first kappa shape index (κ1) is 9.15. The van der Waals surface area contributed by atoms with Gasteiger partial charge >= 0.3 is 5.97 Å². The molecule has 0 atom stereocenters. The summed E-state index contributed by atoms with van der Waals surface area (Å²) in [5, 5.41) is 1.91. The van der Waals surface area contributed by atoms with Crippen LogP contribution >= 0.6 is 27.3 Å². The summed E-state index contributed by atoms with van der Waals surface area (Å²) in [5.41, 5.74) is 0.424. The van der Waals surface area contributed by atoms with Gasteiger partial charge in [0.1, 0.15) is 5.41 Å². The van der Waals surface area contributed by atoms with Crippen LogP contribution in [0.5, 0.6) is 0 Å². The second kappa shape index (κ2) is 3.06. The smallest absolute Gasteiger partial charge is 0.317 e. The summed E-state index contributed by atoms with van der Waals surface area (Å²) in [7, 11) is 1.42. The van der Waals surface area contributed by atoms with E-state index in [9.17, 15) is 4.79 Å². The molecule has 13 heavy (non-hydrogen) atoms. The van der Waals surface area contributed by atoms with Crippen molar-refractivity contribution in [2.24, 2.45) is 0 Å². The molecule has 5 heteroatoms. The van der Waals surface area contributed by atoms with Crippen LogP contribution in [-0.2, 0) is 14.9 Å². The van der Waals surface area contributed by atoms with Crippen molar-refractivity contribution in [2.75, 3.05) is 7.11 Å². The van der Waals surface area contributed by atoms with Crippen LogP contribution in [-0.4, -0.2) is 18.1 Å². The third kappa shape index (κ3) is 1.40. The van der Waals surface area contributed by atoms with Crippen LogP contribution in [0.4, 0.5) is 0 Å². The van der Waals surface area contributed by atoms with Gasteiger partial charge < -0.3 is 4.74 Å². The maximum Gasteiger partial charge on any atom is 0.317 e. The number of esters is 1. The normalized spacial score (nSPS) is 18.3. The molecular weight excluding hydrogens is 254 g/mol. The van der Waals surface area contributed by atoms with E-state index < -0.39 is 5.41 Å². The van der Waals surface area contributed by atoms with E-state index in [2.05, 4.69) is 20.9 Å². The second-order valence-corrected chi connectivity index (χ2v) is 5.19. The average molecular weight is 262 g/mol. The number of carbonyl (C=O) groups is 1. The summed E-state index contributed by atoms with van der Waals surface area (Å²) >= 11 is 4.78. The highest BCUT2D eigenvalue weighted by molar-refractivity contribution is 9.11. The lowest BCUT2D eigenvalue weighted by molar-refractivity contribution is -0.143. The van der Waals surface area contributed by atoms with Gasteiger partial charge in [0.05, 0.1) is 12.8 Å². The molecule has 1 aromatic rings. The van der Waals surface area contributed by atoms with Crippen LogP contribution in [0, 0.1) is 0 Å². The molecule has 0 aliphatic heterocycles. The van der Waals surface area contributed by atoms with Crippen LogP contribution in [0.2, 0.25) is 0 Å². The van der Waals surface area contributed by atoms with Crippen LogP contribution in [0.3, 0.4) is 0 Å². The molecule has 0 radical (unpaired) electrons. The number of ether oxygens (including phenoxy) is 1. The van der Waals surface area contributed by atoms with E-state index in [-0.39, 0.29) is 5.97 Å². The Morgan fingerprint density at radius 2 is 2.46 bits per heavy atom. The van der Waals surface area contributed by atoms with Crippen LogP contribution in [0.15, 0.2) is 9.30 Å². The van der Waals surface area contributed by atoms with Crippen molar-refractivity contribution in [3.8, 4) is 0 Å². The molecule has 0 saturated heterocycles. The van der Waals surface area contributed by atoms with Crippen molar-refractivity contribution in [3.05, 3.63) is 15.0 Å². The minimum atomic E-state index is -0.419. The molecule has 1 saturated carbocycles. The van der Waals surface area contributed by atoms with Gasteiger partial charge in [0.2, 0.25) is 0 Å². The molecule has 1 aliphatic carbocycles. The molecule has 1 aliphatic rings. The van der Waals surface area contributed by atoms with E-state index in [1.54, 1.807) is 0 Å².